The monoisotopic (exact) mass is 803 g/mol. The highest BCUT2D eigenvalue weighted by Crippen LogP contribution is 2.15. The summed E-state index contributed by atoms with van der Waals surface area (Å²) in [5, 5.41) is 0. The summed E-state index contributed by atoms with van der Waals surface area (Å²) in [6, 6.07) is 0. The maximum Gasteiger partial charge on any atom is 0.306 e. The Hall–Kier alpha value is -2.11. The number of hydrogen-bond donors (Lipinski definition) is 0. The Kier molecular flexibility index (Phi) is 44.9. The van der Waals surface area contributed by atoms with Gasteiger partial charge in [-0.05, 0) is 70.6 Å². The van der Waals surface area contributed by atoms with Gasteiger partial charge in [-0.15, -0.1) is 0 Å². The minimum Gasteiger partial charge on any atom is -0.462 e. The zero-order valence-corrected chi connectivity index (χ0v) is 38.1. The molecule has 6 heteroatoms. The second-order valence-electron chi connectivity index (χ2n) is 16.7. The Balaban J connectivity index is 4.35. The summed E-state index contributed by atoms with van der Waals surface area (Å²) in [5.41, 5.74) is 0. The quantitative estimate of drug-likeness (QED) is 0.0264. The van der Waals surface area contributed by atoms with Gasteiger partial charge < -0.3 is 14.2 Å². The lowest BCUT2D eigenvalue weighted by molar-refractivity contribution is -0.167. The Labute approximate surface area is 353 Å². The van der Waals surface area contributed by atoms with Gasteiger partial charge in [0.1, 0.15) is 13.2 Å². The van der Waals surface area contributed by atoms with Crippen LogP contribution in [-0.2, 0) is 28.6 Å². The van der Waals surface area contributed by atoms with E-state index in [-0.39, 0.29) is 31.1 Å². The van der Waals surface area contributed by atoms with Crippen molar-refractivity contribution in [3.8, 4) is 0 Å². The molecule has 0 saturated carbocycles. The molecule has 0 spiro atoms. The number of unbranched alkanes of at least 4 members (excludes halogenated alkanes) is 30. The van der Waals surface area contributed by atoms with Crippen LogP contribution in [0.4, 0.5) is 0 Å². The second kappa shape index (κ2) is 46.6. The molecule has 0 amide bonds. The number of esters is 3. The first-order chi connectivity index (χ1) is 28.0. The Morgan fingerprint density at radius 1 is 0.333 bits per heavy atom. The SMILES string of the molecule is CCCCCCC=CCCCCCCCC(=O)OCC(COC(=O)CCCCCCCC=CCCCCCCCC)OC(=O)CCCCCCCCCCCCC. The summed E-state index contributed by atoms with van der Waals surface area (Å²) in [5.74, 6) is -0.883. The zero-order valence-electron chi connectivity index (χ0n) is 38.1. The first-order valence-corrected chi connectivity index (χ1v) is 24.8. The number of ether oxygens (including phenoxy) is 3. The molecular weight excluding hydrogens is 709 g/mol. The van der Waals surface area contributed by atoms with Crippen molar-refractivity contribution in [3.63, 3.8) is 0 Å². The van der Waals surface area contributed by atoms with Crippen LogP contribution < -0.4 is 0 Å². The van der Waals surface area contributed by atoms with E-state index in [1.165, 1.54) is 154 Å². The van der Waals surface area contributed by atoms with Gasteiger partial charge in [0.05, 0.1) is 0 Å². The predicted molar refractivity (Wildman–Crippen MR) is 243 cm³/mol. The summed E-state index contributed by atoms with van der Waals surface area (Å²) in [6.45, 7) is 6.61. The van der Waals surface area contributed by atoms with Crippen LogP contribution in [0.1, 0.15) is 265 Å². The van der Waals surface area contributed by atoms with Gasteiger partial charge in [0.15, 0.2) is 6.10 Å². The van der Waals surface area contributed by atoms with E-state index < -0.39 is 6.10 Å². The fourth-order valence-corrected chi connectivity index (χ4v) is 7.14. The number of hydrogen-bond acceptors (Lipinski definition) is 6. The summed E-state index contributed by atoms with van der Waals surface area (Å²) < 4.78 is 16.7. The van der Waals surface area contributed by atoms with E-state index in [4.69, 9.17) is 14.2 Å². The van der Waals surface area contributed by atoms with Crippen molar-refractivity contribution in [1.82, 2.24) is 0 Å². The number of allylic oxidation sites excluding steroid dienone is 4. The molecule has 57 heavy (non-hydrogen) atoms. The lowest BCUT2D eigenvalue weighted by Gasteiger charge is -2.18. The van der Waals surface area contributed by atoms with Crippen LogP contribution in [0.15, 0.2) is 24.3 Å². The normalized spacial score (nSPS) is 12.1. The highest BCUT2D eigenvalue weighted by atomic mass is 16.6. The lowest BCUT2D eigenvalue weighted by Crippen LogP contribution is -2.30. The van der Waals surface area contributed by atoms with Crippen LogP contribution in [0, 0.1) is 0 Å². The summed E-state index contributed by atoms with van der Waals surface area (Å²) >= 11 is 0. The first-order valence-electron chi connectivity index (χ1n) is 24.8. The van der Waals surface area contributed by atoms with Gasteiger partial charge in [0.25, 0.3) is 0 Å². The van der Waals surface area contributed by atoms with Gasteiger partial charge in [-0.3, -0.25) is 14.4 Å². The van der Waals surface area contributed by atoms with Crippen molar-refractivity contribution >= 4 is 17.9 Å². The van der Waals surface area contributed by atoms with Crippen LogP contribution >= 0.6 is 0 Å². The van der Waals surface area contributed by atoms with Gasteiger partial charge in [0, 0.05) is 19.3 Å². The molecule has 0 aromatic carbocycles. The van der Waals surface area contributed by atoms with E-state index >= 15 is 0 Å². The Bertz CT molecular complexity index is 927. The second-order valence-corrected chi connectivity index (χ2v) is 16.7. The van der Waals surface area contributed by atoms with Gasteiger partial charge in [-0.1, -0.05) is 199 Å². The molecule has 0 bridgehead atoms. The van der Waals surface area contributed by atoms with E-state index in [1.54, 1.807) is 0 Å². The Morgan fingerprint density at radius 3 is 0.895 bits per heavy atom. The molecule has 1 atom stereocenters. The fourth-order valence-electron chi connectivity index (χ4n) is 7.14. The highest BCUT2D eigenvalue weighted by Gasteiger charge is 2.19. The summed E-state index contributed by atoms with van der Waals surface area (Å²) in [4.78, 5) is 37.8. The molecular formula is C51H94O6. The molecule has 0 radical (unpaired) electrons. The average molecular weight is 803 g/mol. The maximum atomic E-state index is 12.7. The van der Waals surface area contributed by atoms with Crippen molar-refractivity contribution in [2.75, 3.05) is 13.2 Å². The van der Waals surface area contributed by atoms with Gasteiger partial charge in [0.2, 0.25) is 0 Å². The zero-order chi connectivity index (χ0) is 41.5. The number of carbonyl (C=O) groups excluding carboxylic acids is 3. The first kappa shape index (κ1) is 54.9. The topological polar surface area (TPSA) is 78.9 Å². The number of rotatable bonds is 45. The standard InChI is InChI=1S/C51H94O6/c1-4-7-10-13-16-19-22-24-25-27-30-32-35-38-41-44-50(53)56-47-48(57-51(54)45-42-39-36-33-28-21-18-15-12-9-6-3)46-55-49(52)43-40-37-34-31-29-26-23-20-17-14-11-8-5-2/h20,23-25,48H,4-19,21-22,26-47H2,1-3H3. The number of carbonyl (C=O) groups is 3. The van der Waals surface area contributed by atoms with Crippen LogP contribution in [0.25, 0.3) is 0 Å². The molecule has 0 aromatic heterocycles. The van der Waals surface area contributed by atoms with Crippen molar-refractivity contribution in [1.29, 1.82) is 0 Å². The fraction of sp³-hybridized carbons (Fsp3) is 0.863. The van der Waals surface area contributed by atoms with E-state index in [0.717, 1.165) is 70.6 Å². The van der Waals surface area contributed by atoms with Crippen molar-refractivity contribution < 1.29 is 28.6 Å². The molecule has 0 aliphatic carbocycles. The smallest absolute Gasteiger partial charge is 0.306 e. The third-order valence-electron chi connectivity index (χ3n) is 10.9. The highest BCUT2D eigenvalue weighted by molar-refractivity contribution is 5.71. The molecule has 0 rings (SSSR count). The molecule has 0 N–H and O–H groups in total. The molecule has 0 aromatic rings. The largest absolute Gasteiger partial charge is 0.462 e. The van der Waals surface area contributed by atoms with Crippen molar-refractivity contribution in [2.45, 2.75) is 271 Å². The molecule has 6 nitrogen and oxygen atoms in total. The van der Waals surface area contributed by atoms with Crippen molar-refractivity contribution in [3.05, 3.63) is 24.3 Å². The van der Waals surface area contributed by atoms with E-state index in [1.807, 2.05) is 0 Å². The summed E-state index contributed by atoms with van der Waals surface area (Å²) in [6.07, 6.45) is 51.5. The van der Waals surface area contributed by atoms with Crippen LogP contribution in [0.2, 0.25) is 0 Å². The van der Waals surface area contributed by atoms with Crippen molar-refractivity contribution in [2.24, 2.45) is 0 Å². The third-order valence-corrected chi connectivity index (χ3v) is 10.9. The van der Waals surface area contributed by atoms with E-state index in [0.29, 0.717) is 19.3 Å². The van der Waals surface area contributed by atoms with E-state index in [9.17, 15) is 14.4 Å². The van der Waals surface area contributed by atoms with Gasteiger partial charge in [-0.2, -0.15) is 0 Å². The molecule has 0 saturated heterocycles. The minimum atomic E-state index is -0.771. The Morgan fingerprint density at radius 2 is 0.579 bits per heavy atom. The molecule has 334 valence electrons. The van der Waals surface area contributed by atoms with E-state index in [2.05, 4.69) is 45.1 Å². The molecule has 0 aliphatic heterocycles. The van der Waals surface area contributed by atoms with Gasteiger partial charge in [-0.25, -0.2) is 0 Å². The minimum absolute atomic E-state index is 0.0750. The average Bonchev–Trinajstić information content (AvgIpc) is 3.21. The molecule has 0 aliphatic rings. The third kappa shape index (κ3) is 44.8. The summed E-state index contributed by atoms with van der Waals surface area (Å²) in [7, 11) is 0. The lowest BCUT2D eigenvalue weighted by atomic mass is 10.1. The maximum absolute atomic E-state index is 12.7. The van der Waals surface area contributed by atoms with Crippen LogP contribution in [0.3, 0.4) is 0 Å². The van der Waals surface area contributed by atoms with Crippen LogP contribution in [-0.4, -0.2) is 37.2 Å². The predicted octanol–water partition coefficient (Wildman–Crippen LogP) is 16.0. The molecule has 0 heterocycles. The molecule has 0 fully saturated rings. The molecule has 1 unspecified atom stereocenters. The van der Waals surface area contributed by atoms with Crippen LogP contribution in [0.5, 0.6) is 0 Å². The van der Waals surface area contributed by atoms with Gasteiger partial charge >= 0.3 is 17.9 Å².